The van der Waals surface area contributed by atoms with Gasteiger partial charge < -0.3 is 24.6 Å². The zero-order valence-electron chi connectivity index (χ0n) is 29.3. The molecule has 0 radical (unpaired) electrons. The fourth-order valence-electron chi connectivity index (χ4n) is 8.40. The summed E-state index contributed by atoms with van der Waals surface area (Å²) in [5.41, 5.74) is 2.01. The zero-order valence-corrected chi connectivity index (χ0v) is 29.3. The first-order valence-electron chi connectivity index (χ1n) is 17.6. The minimum Gasteiger partial charge on any atom is -0.482 e. The topological polar surface area (TPSA) is 130 Å². The lowest BCUT2D eigenvalue weighted by Gasteiger charge is -2.34. The van der Waals surface area contributed by atoms with E-state index in [2.05, 4.69) is 10.3 Å². The number of amides is 2. The molecule has 1 fully saturated rings. The minimum absolute atomic E-state index is 0.111. The average Bonchev–Trinajstić information content (AvgIpc) is 3.81. The third-order valence-corrected chi connectivity index (χ3v) is 10.7. The second-order valence-corrected chi connectivity index (χ2v) is 14.4. The summed E-state index contributed by atoms with van der Waals surface area (Å²) < 4.78 is 14.4. The predicted octanol–water partition coefficient (Wildman–Crippen LogP) is 5.67. The van der Waals surface area contributed by atoms with Gasteiger partial charge in [-0.3, -0.25) is 19.2 Å². The van der Waals surface area contributed by atoms with Crippen molar-refractivity contribution in [2.24, 2.45) is 11.8 Å². The Morgan fingerprint density at radius 3 is 2.40 bits per heavy atom. The van der Waals surface area contributed by atoms with Gasteiger partial charge in [0.1, 0.15) is 17.5 Å². The van der Waals surface area contributed by atoms with Gasteiger partial charge in [0.2, 0.25) is 0 Å². The number of aliphatic hydroxyl groups excluding tert-OH is 1. The van der Waals surface area contributed by atoms with Crippen molar-refractivity contribution in [1.29, 1.82) is 0 Å². The zero-order chi connectivity index (χ0) is 36.2. The molecule has 2 N–H and O–H groups in total. The van der Waals surface area contributed by atoms with Crippen LogP contribution in [0.25, 0.3) is 0 Å². The molecule has 3 aliphatic heterocycles. The number of fused-ring (bicyclic) bond motifs is 3. The molecule has 5 aromatic rings. The lowest BCUT2D eigenvalue weighted by Crippen LogP contribution is -2.46. The molecule has 4 heterocycles. The Hall–Kier alpha value is -5.36. The molecule has 0 saturated carbocycles. The number of hydrogen-bond donors (Lipinski definition) is 2. The van der Waals surface area contributed by atoms with Crippen molar-refractivity contribution >= 4 is 28.9 Å². The van der Waals surface area contributed by atoms with Crippen LogP contribution in [0.2, 0.25) is 0 Å². The molecule has 2 amide bonds. The first kappa shape index (κ1) is 33.8. The quantitative estimate of drug-likeness (QED) is 0.201. The van der Waals surface area contributed by atoms with E-state index in [4.69, 9.17) is 9.47 Å². The predicted molar refractivity (Wildman–Crippen MR) is 194 cm³/mol. The molecule has 11 heteroatoms. The van der Waals surface area contributed by atoms with Crippen LogP contribution in [-0.2, 0) is 33.0 Å². The van der Waals surface area contributed by atoms with Crippen molar-refractivity contribution < 1.29 is 29.3 Å². The molecule has 1 spiro atoms. The SMILES string of the molecule is C[C@@H]1[C@@H](C(C)(C)O)[C@H](CCn2cc([C@H](O)c3ccccc3)nn2)O[C@@]12C(=O)N(Cc1ccccc1)c1ccc(N3C(=O)COc4ccccc43)cc12. The van der Waals surface area contributed by atoms with E-state index in [-0.39, 0.29) is 18.4 Å². The Morgan fingerprint density at radius 2 is 1.65 bits per heavy atom. The number of aryl methyl sites for hydroxylation is 1. The number of carbonyl (C=O) groups is 2. The highest BCUT2D eigenvalue weighted by molar-refractivity contribution is 6.09. The average molecular weight is 700 g/mol. The number of carbonyl (C=O) groups excluding carboxylic acids is 2. The van der Waals surface area contributed by atoms with E-state index in [1.54, 1.807) is 34.5 Å². The van der Waals surface area contributed by atoms with Crippen molar-refractivity contribution in [3.8, 4) is 5.75 Å². The second-order valence-electron chi connectivity index (χ2n) is 14.4. The summed E-state index contributed by atoms with van der Waals surface area (Å²) in [6.45, 7) is 6.08. The van der Waals surface area contributed by atoms with E-state index in [1.165, 1.54) is 0 Å². The largest absolute Gasteiger partial charge is 0.482 e. The maximum atomic E-state index is 15.0. The van der Waals surface area contributed by atoms with Gasteiger partial charge in [-0.15, -0.1) is 5.10 Å². The maximum absolute atomic E-state index is 15.0. The highest BCUT2D eigenvalue weighted by Gasteiger charge is 2.65. The van der Waals surface area contributed by atoms with Crippen LogP contribution < -0.4 is 14.5 Å². The molecule has 8 rings (SSSR count). The number of hydrogen-bond acceptors (Lipinski definition) is 8. The van der Waals surface area contributed by atoms with Gasteiger partial charge in [-0.25, -0.2) is 0 Å². The Morgan fingerprint density at radius 1 is 0.942 bits per heavy atom. The summed E-state index contributed by atoms with van der Waals surface area (Å²) in [5.74, 6) is -0.753. The van der Waals surface area contributed by atoms with E-state index in [0.29, 0.717) is 59.1 Å². The first-order valence-corrected chi connectivity index (χ1v) is 17.6. The number of anilines is 3. The van der Waals surface area contributed by atoms with E-state index < -0.39 is 35.2 Å². The van der Waals surface area contributed by atoms with Crippen LogP contribution in [0.3, 0.4) is 0 Å². The number of aromatic nitrogens is 3. The van der Waals surface area contributed by atoms with Crippen molar-refractivity contribution in [3.05, 3.63) is 132 Å². The summed E-state index contributed by atoms with van der Waals surface area (Å²) in [4.78, 5) is 31.8. The molecule has 0 aliphatic carbocycles. The molecular weight excluding hydrogens is 658 g/mol. The highest BCUT2D eigenvalue weighted by atomic mass is 16.5. The van der Waals surface area contributed by atoms with Crippen molar-refractivity contribution in [1.82, 2.24) is 15.0 Å². The smallest absolute Gasteiger partial charge is 0.269 e. The number of ether oxygens (including phenoxy) is 2. The Bertz CT molecular complexity index is 2120. The van der Waals surface area contributed by atoms with Gasteiger partial charge in [0.15, 0.2) is 12.2 Å². The molecule has 0 unspecified atom stereocenters. The highest BCUT2D eigenvalue weighted by Crippen LogP contribution is 2.59. The lowest BCUT2D eigenvalue weighted by atomic mass is 9.70. The van der Waals surface area contributed by atoms with Crippen molar-refractivity contribution in [2.75, 3.05) is 16.4 Å². The number of benzene rings is 4. The summed E-state index contributed by atoms with van der Waals surface area (Å²) >= 11 is 0. The van der Waals surface area contributed by atoms with Crippen LogP contribution >= 0.6 is 0 Å². The summed E-state index contributed by atoms with van der Waals surface area (Å²) in [7, 11) is 0. The summed E-state index contributed by atoms with van der Waals surface area (Å²) in [6.07, 6.45) is 0.658. The van der Waals surface area contributed by atoms with Gasteiger partial charge in [-0.2, -0.15) is 0 Å². The Kier molecular flexibility index (Phi) is 8.44. The van der Waals surface area contributed by atoms with E-state index in [9.17, 15) is 15.0 Å². The third-order valence-electron chi connectivity index (χ3n) is 10.7. The van der Waals surface area contributed by atoms with Gasteiger partial charge in [-0.1, -0.05) is 84.9 Å². The normalized spacial score (nSPS) is 23.1. The van der Waals surface area contributed by atoms with Crippen LogP contribution in [0.5, 0.6) is 5.75 Å². The van der Waals surface area contributed by atoms with Gasteiger partial charge in [-0.05, 0) is 61.7 Å². The number of rotatable bonds is 9. The molecule has 5 atom stereocenters. The molecule has 1 aromatic heterocycles. The summed E-state index contributed by atoms with van der Waals surface area (Å²) in [6, 6.07) is 32.1. The molecule has 52 heavy (non-hydrogen) atoms. The van der Waals surface area contributed by atoms with Crippen molar-refractivity contribution in [2.45, 2.75) is 63.7 Å². The monoisotopic (exact) mass is 699 g/mol. The van der Waals surface area contributed by atoms with Crippen LogP contribution in [-0.4, -0.2) is 55.3 Å². The molecule has 11 nitrogen and oxygen atoms in total. The van der Waals surface area contributed by atoms with Crippen molar-refractivity contribution in [3.63, 3.8) is 0 Å². The van der Waals surface area contributed by atoms with Gasteiger partial charge in [0.25, 0.3) is 11.8 Å². The minimum atomic E-state index is -1.44. The Balaban J connectivity index is 1.17. The van der Waals surface area contributed by atoms with Crippen LogP contribution in [0.15, 0.2) is 109 Å². The van der Waals surface area contributed by atoms with Gasteiger partial charge in [0.05, 0.1) is 35.8 Å². The van der Waals surface area contributed by atoms with Crippen LogP contribution in [0.1, 0.15) is 55.7 Å². The summed E-state index contributed by atoms with van der Waals surface area (Å²) in [5, 5.41) is 31.1. The molecule has 266 valence electrons. The molecule has 0 bridgehead atoms. The number of para-hydroxylation sites is 2. The standard InChI is InChI=1S/C41H41N5O6/c1-26-37(40(2,3)50)35(20-21-44-24-31(42-43-44)38(48)28-14-8-5-9-15-28)52-41(26)30-22-29(46-33-16-10-11-17-34(33)51-25-36(46)47)18-19-32(30)45(39(41)49)23-27-12-6-4-7-13-27/h4-19,22,24,26,35,37-38,48,50H,20-21,23,25H2,1-3H3/t26-,35+,37-,38-,41+/m1/s1. The maximum Gasteiger partial charge on any atom is 0.269 e. The number of aliphatic hydroxyl groups is 2. The Labute approximate surface area is 302 Å². The molecular formula is C41H41N5O6. The van der Waals surface area contributed by atoms with E-state index in [1.807, 2.05) is 110 Å². The van der Waals surface area contributed by atoms with Gasteiger partial charge >= 0.3 is 0 Å². The fraction of sp³-hybridized carbons (Fsp3) is 0.317. The van der Waals surface area contributed by atoms with E-state index in [0.717, 1.165) is 5.56 Å². The number of nitrogens with zero attached hydrogens (tertiary/aromatic N) is 5. The van der Waals surface area contributed by atoms with Crippen LogP contribution in [0.4, 0.5) is 17.1 Å². The third kappa shape index (κ3) is 5.65. The fourth-order valence-corrected chi connectivity index (χ4v) is 8.40. The molecule has 3 aliphatic rings. The molecule has 4 aromatic carbocycles. The lowest BCUT2D eigenvalue weighted by molar-refractivity contribution is -0.146. The molecule has 1 saturated heterocycles. The first-order chi connectivity index (χ1) is 25.1. The van der Waals surface area contributed by atoms with E-state index >= 15 is 4.79 Å². The second kappa shape index (κ2) is 13.0. The van der Waals surface area contributed by atoms with Gasteiger partial charge in [0, 0.05) is 29.6 Å². The van der Waals surface area contributed by atoms with Crippen LogP contribution in [0, 0.1) is 11.8 Å².